The Morgan fingerprint density at radius 2 is 2.09 bits per heavy atom. The number of rotatable bonds is 8. The Morgan fingerprint density at radius 1 is 1.36 bits per heavy atom. The van der Waals surface area contributed by atoms with Gasteiger partial charge in [0, 0.05) is 5.57 Å². The van der Waals surface area contributed by atoms with Crippen LogP contribution in [0.3, 0.4) is 0 Å². The maximum absolute atomic E-state index is 10.7. The van der Waals surface area contributed by atoms with Crippen LogP contribution in [0.25, 0.3) is 0 Å². The standard InChI is InChI=1S/C16H18N2O4/c1-3-4-5-12-6-8-13(9-7-12)21-16-17-14(22-18-16)10-11(2)15(19)20/h6-9H,2-5,10H2,1H3,(H,19,20). The number of carboxylic acid groups (broad SMARTS) is 1. The number of hydrogen-bond donors (Lipinski definition) is 1. The van der Waals surface area contributed by atoms with Gasteiger partial charge in [-0.15, -0.1) is 0 Å². The fraction of sp³-hybridized carbons (Fsp3) is 0.312. The van der Waals surface area contributed by atoms with Crippen LogP contribution in [0.2, 0.25) is 0 Å². The van der Waals surface area contributed by atoms with E-state index in [2.05, 4.69) is 23.6 Å². The third kappa shape index (κ3) is 4.44. The number of aliphatic carboxylic acids is 1. The van der Waals surface area contributed by atoms with Crippen LogP contribution < -0.4 is 4.74 Å². The van der Waals surface area contributed by atoms with Crippen LogP contribution >= 0.6 is 0 Å². The van der Waals surface area contributed by atoms with Crippen LogP contribution in [0.5, 0.6) is 11.8 Å². The topological polar surface area (TPSA) is 85.5 Å². The third-order valence-electron chi connectivity index (χ3n) is 3.07. The Balaban J connectivity index is 1.95. The summed E-state index contributed by atoms with van der Waals surface area (Å²) in [5.74, 6) is -0.338. The summed E-state index contributed by atoms with van der Waals surface area (Å²) in [6.45, 7) is 5.57. The molecule has 0 unspecified atom stereocenters. The van der Waals surface area contributed by atoms with Crippen molar-refractivity contribution >= 4 is 5.97 Å². The van der Waals surface area contributed by atoms with Gasteiger partial charge in [-0.1, -0.05) is 32.1 Å². The minimum Gasteiger partial charge on any atom is -0.478 e. The van der Waals surface area contributed by atoms with Crippen molar-refractivity contribution in [2.75, 3.05) is 0 Å². The number of benzene rings is 1. The molecule has 2 rings (SSSR count). The number of nitrogens with zero attached hydrogens (tertiary/aromatic N) is 2. The van der Waals surface area contributed by atoms with Gasteiger partial charge in [-0.2, -0.15) is 4.98 Å². The normalized spacial score (nSPS) is 10.4. The molecule has 1 aromatic carbocycles. The fourth-order valence-electron chi connectivity index (χ4n) is 1.82. The van der Waals surface area contributed by atoms with E-state index >= 15 is 0 Å². The lowest BCUT2D eigenvalue weighted by molar-refractivity contribution is -0.132. The van der Waals surface area contributed by atoms with Gasteiger partial charge in [0.15, 0.2) is 0 Å². The predicted octanol–water partition coefficient (Wildman–Crippen LogP) is 3.39. The van der Waals surface area contributed by atoms with Crippen molar-refractivity contribution < 1.29 is 19.2 Å². The quantitative estimate of drug-likeness (QED) is 0.752. The van der Waals surface area contributed by atoms with Crippen LogP contribution in [0.4, 0.5) is 0 Å². The van der Waals surface area contributed by atoms with Crippen molar-refractivity contribution in [2.24, 2.45) is 0 Å². The van der Waals surface area contributed by atoms with Gasteiger partial charge in [0.25, 0.3) is 0 Å². The average molecular weight is 302 g/mol. The number of unbranched alkanes of at least 4 members (excludes halogenated alkanes) is 1. The lowest BCUT2D eigenvalue weighted by Gasteiger charge is -2.02. The molecule has 0 atom stereocenters. The molecular weight excluding hydrogens is 284 g/mol. The Kier molecular flexibility index (Phi) is 5.30. The van der Waals surface area contributed by atoms with Crippen molar-refractivity contribution in [1.82, 2.24) is 10.1 Å². The van der Waals surface area contributed by atoms with E-state index in [0.717, 1.165) is 19.3 Å². The van der Waals surface area contributed by atoms with Crippen molar-refractivity contribution in [2.45, 2.75) is 32.6 Å². The molecule has 1 heterocycles. The predicted molar refractivity (Wildman–Crippen MR) is 79.9 cm³/mol. The Bertz CT molecular complexity index is 646. The molecule has 0 spiro atoms. The molecule has 0 saturated heterocycles. The van der Waals surface area contributed by atoms with E-state index in [4.69, 9.17) is 14.4 Å². The molecule has 22 heavy (non-hydrogen) atoms. The van der Waals surface area contributed by atoms with Crippen molar-refractivity contribution in [3.05, 3.63) is 47.9 Å². The highest BCUT2D eigenvalue weighted by molar-refractivity contribution is 5.86. The fourth-order valence-corrected chi connectivity index (χ4v) is 1.82. The third-order valence-corrected chi connectivity index (χ3v) is 3.07. The van der Waals surface area contributed by atoms with Gasteiger partial charge in [0.1, 0.15) is 5.75 Å². The Hall–Kier alpha value is -2.63. The van der Waals surface area contributed by atoms with E-state index in [1.807, 2.05) is 24.3 Å². The number of aromatic nitrogens is 2. The van der Waals surface area contributed by atoms with Gasteiger partial charge in [-0.25, -0.2) is 4.79 Å². The second-order valence-electron chi connectivity index (χ2n) is 4.91. The Morgan fingerprint density at radius 3 is 2.73 bits per heavy atom. The van der Waals surface area contributed by atoms with Crippen LogP contribution in [-0.4, -0.2) is 21.2 Å². The number of ether oxygens (including phenoxy) is 1. The zero-order valence-corrected chi connectivity index (χ0v) is 12.4. The number of hydrogen-bond acceptors (Lipinski definition) is 5. The van der Waals surface area contributed by atoms with Gasteiger partial charge >= 0.3 is 12.0 Å². The first kappa shape index (κ1) is 15.8. The van der Waals surface area contributed by atoms with Crippen molar-refractivity contribution in [3.63, 3.8) is 0 Å². The zero-order valence-electron chi connectivity index (χ0n) is 12.4. The van der Waals surface area contributed by atoms with Crippen LogP contribution in [0.1, 0.15) is 31.2 Å². The molecule has 6 heteroatoms. The molecule has 0 saturated carbocycles. The number of aryl methyl sites for hydroxylation is 1. The van der Waals surface area contributed by atoms with Crippen LogP contribution in [0, 0.1) is 0 Å². The molecule has 116 valence electrons. The lowest BCUT2D eigenvalue weighted by atomic mass is 10.1. The van der Waals surface area contributed by atoms with Gasteiger partial charge in [-0.3, -0.25) is 0 Å². The van der Waals surface area contributed by atoms with Gasteiger partial charge in [0.2, 0.25) is 5.89 Å². The summed E-state index contributed by atoms with van der Waals surface area (Å²) in [5, 5.41) is 12.4. The summed E-state index contributed by atoms with van der Waals surface area (Å²) in [5.41, 5.74) is 1.23. The molecule has 2 aromatic rings. The summed E-state index contributed by atoms with van der Waals surface area (Å²) < 4.78 is 10.4. The first-order valence-electron chi connectivity index (χ1n) is 7.09. The van der Waals surface area contributed by atoms with E-state index in [9.17, 15) is 4.79 Å². The second kappa shape index (κ2) is 7.40. The summed E-state index contributed by atoms with van der Waals surface area (Å²) in [7, 11) is 0. The smallest absolute Gasteiger partial charge is 0.359 e. The monoisotopic (exact) mass is 302 g/mol. The molecular formula is C16H18N2O4. The van der Waals surface area contributed by atoms with Gasteiger partial charge in [0.05, 0.1) is 6.42 Å². The molecule has 0 amide bonds. The maximum Gasteiger partial charge on any atom is 0.359 e. The summed E-state index contributed by atoms with van der Waals surface area (Å²) >= 11 is 0. The first-order valence-corrected chi connectivity index (χ1v) is 7.09. The maximum atomic E-state index is 10.7. The van der Waals surface area contributed by atoms with Crippen molar-refractivity contribution in [1.29, 1.82) is 0 Å². The van der Waals surface area contributed by atoms with E-state index < -0.39 is 5.97 Å². The molecule has 0 fully saturated rings. The molecule has 1 aromatic heterocycles. The van der Waals surface area contributed by atoms with Gasteiger partial charge in [-0.05, 0) is 35.7 Å². The molecule has 1 N–H and O–H groups in total. The highest BCUT2D eigenvalue weighted by Gasteiger charge is 2.13. The first-order chi connectivity index (χ1) is 10.6. The van der Waals surface area contributed by atoms with E-state index in [-0.39, 0.29) is 23.9 Å². The summed E-state index contributed by atoms with van der Waals surface area (Å²) in [6, 6.07) is 7.74. The number of carboxylic acids is 1. The highest BCUT2D eigenvalue weighted by atomic mass is 16.6. The molecule has 0 bridgehead atoms. The Labute approximate surface area is 128 Å². The summed E-state index contributed by atoms with van der Waals surface area (Å²) in [4.78, 5) is 14.7. The van der Waals surface area contributed by atoms with E-state index in [0.29, 0.717) is 5.75 Å². The largest absolute Gasteiger partial charge is 0.478 e. The molecule has 0 aliphatic rings. The average Bonchev–Trinajstić information content (AvgIpc) is 2.93. The van der Waals surface area contributed by atoms with Crippen molar-refractivity contribution in [3.8, 4) is 11.8 Å². The number of carbonyl (C=O) groups is 1. The molecule has 0 aliphatic heterocycles. The van der Waals surface area contributed by atoms with Crippen LogP contribution in [-0.2, 0) is 17.6 Å². The molecule has 6 nitrogen and oxygen atoms in total. The molecule has 0 radical (unpaired) electrons. The van der Waals surface area contributed by atoms with Gasteiger partial charge < -0.3 is 14.4 Å². The van der Waals surface area contributed by atoms with Crippen LogP contribution in [0.15, 0.2) is 40.9 Å². The lowest BCUT2D eigenvalue weighted by Crippen LogP contribution is -2.02. The van der Waals surface area contributed by atoms with E-state index in [1.54, 1.807) is 0 Å². The minimum atomic E-state index is -1.09. The minimum absolute atomic E-state index is 0.0123. The highest BCUT2D eigenvalue weighted by Crippen LogP contribution is 2.20. The SMILES string of the molecule is C=C(Cc1nc(Oc2ccc(CCCC)cc2)no1)C(=O)O. The summed E-state index contributed by atoms with van der Waals surface area (Å²) in [6.07, 6.45) is 3.34. The molecule has 0 aliphatic carbocycles. The zero-order chi connectivity index (χ0) is 15.9. The second-order valence-corrected chi connectivity index (χ2v) is 4.91. The van der Waals surface area contributed by atoms with E-state index in [1.165, 1.54) is 5.56 Å².